The number of likely N-dealkylation sites (tertiary alicyclic amines) is 1. The minimum atomic E-state index is -0.745. The van der Waals surface area contributed by atoms with Gasteiger partial charge in [-0.3, -0.25) is 4.79 Å². The molecule has 114 valence electrons. The van der Waals surface area contributed by atoms with Crippen LogP contribution in [0.15, 0.2) is 0 Å². The van der Waals surface area contributed by atoms with Crippen LogP contribution in [0.1, 0.15) is 25.7 Å². The SMILES string of the molecule is CN1CCCN(C(=O)N2CCC(CCC(=O)O)C2)CC1. The normalized spacial score (nSPS) is 24.8. The summed E-state index contributed by atoms with van der Waals surface area (Å²) in [6.45, 7) is 5.10. The summed E-state index contributed by atoms with van der Waals surface area (Å²) in [5.41, 5.74) is 0. The summed E-state index contributed by atoms with van der Waals surface area (Å²) in [4.78, 5) is 29.2. The molecule has 0 spiro atoms. The summed E-state index contributed by atoms with van der Waals surface area (Å²) in [6.07, 6.45) is 2.86. The molecule has 0 aromatic heterocycles. The van der Waals surface area contributed by atoms with Crippen molar-refractivity contribution in [1.29, 1.82) is 0 Å². The van der Waals surface area contributed by atoms with Gasteiger partial charge in [-0.2, -0.15) is 0 Å². The highest BCUT2D eigenvalue weighted by Crippen LogP contribution is 2.22. The lowest BCUT2D eigenvalue weighted by atomic mass is 10.0. The van der Waals surface area contributed by atoms with E-state index < -0.39 is 5.97 Å². The molecule has 2 aliphatic heterocycles. The maximum absolute atomic E-state index is 12.5. The summed E-state index contributed by atoms with van der Waals surface area (Å²) in [6, 6.07) is 0.137. The van der Waals surface area contributed by atoms with Crippen molar-refractivity contribution in [3.05, 3.63) is 0 Å². The topological polar surface area (TPSA) is 64.1 Å². The zero-order chi connectivity index (χ0) is 14.5. The molecule has 6 nitrogen and oxygen atoms in total. The zero-order valence-corrected chi connectivity index (χ0v) is 12.3. The van der Waals surface area contributed by atoms with Crippen LogP contribution < -0.4 is 0 Å². The van der Waals surface area contributed by atoms with Crippen LogP contribution in [0.2, 0.25) is 0 Å². The number of carboxylic acids is 1. The van der Waals surface area contributed by atoms with Crippen LogP contribution in [0.3, 0.4) is 0 Å². The Morgan fingerprint density at radius 2 is 1.90 bits per heavy atom. The van der Waals surface area contributed by atoms with E-state index >= 15 is 0 Å². The Morgan fingerprint density at radius 1 is 1.10 bits per heavy atom. The van der Waals surface area contributed by atoms with Gasteiger partial charge >= 0.3 is 12.0 Å². The van der Waals surface area contributed by atoms with Crippen molar-refractivity contribution in [2.75, 3.05) is 46.3 Å². The van der Waals surface area contributed by atoms with Crippen LogP contribution in [0.4, 0.5) is 4.79 Å². The zero-order valence-electron chi connectivity index (χ0n) is 12.3. The molecule has 0 bridgehead atoms. The third kappa shape index (κ3) is 4.10. The summed E-state index contributed by atoms with van der Waals surface area (Å²) >= 11 is 0. The fourth-order valence-corrected chi connectivity index (χ4v) is 3.01. The number of carbonyl (C=O) groups is 2. The first kappa shape index (κ1) is 15.1. The number of nitrogens with zero attached hydrogens (tertiary/aromatic N) is 3. The van der Waals surface area contributed by atoms with Gasteiger partial charge in [-0.25, -0.2) is 4.79 Å². The van der Waals surface area contributed by atoms with Crippen LogP contribution in [0.5, 0.6) is 0 Å². The molecule has 6 heteroatoms. The molecular formula is C14H25N3O3. The quantitative estimate of drug-likeness (QED) is 0.837. The van der Waals surface area contributed by atoms with E-state index in [9.17, 15) is 9.59 Å². The maximum Gasteiger partial charge on any atom is 0.320 e. The van der Waals surface area contributed by atoms with Gasteiger partial charge in [-0.05, 0) is 38.8 Å². The molecule has 2 saturated heterocycles. The Balaban J connectivity index is 1.80. The Hall–Kier alpha value is -1.30. The number of carboxylic acid groups (broad SMARTS) is 1. The number of hydrogen-bond acceptors (Lipinski definition) is 3. The van der Waals surface area contributed by atoms with E-state index in [1.54, 1.807) is 0 Å². The average molecular weight is 283 g/mol. The van der Waals surface area contributed by atoms with E-state index in [0.29, 0.717) is 12.3 Å². The van der Waals surface area contributed by atoms with Crippen LogP contribution >= 0.6 is 0 Å². The monoisotopic (exact) mass is 283 g/mol. The second kappa shape index (κ2) is 6.92. The number of hydrogen-bond donors (Lipinski definition) is 1. The number of urea groups is 1. The Kier molecular flexibility index (Phi) is 5.23. The van der Waals surface area contributed by atoms with Gasteiger partial charge < -0.3 is 19.8 Å². The molecule has 2 aliphatic rings. The van der Waals surface area contributed by atoms with E-state index in [4.69, 9.17) is 5.11 Å². The molecule has 0 aromatic rings. The average Bonchev–Trinajstić information content (AvgIpc) is 2.78. The highest BCUT2D eigenvalue weighted by atomic mass is 16.4. The highest BCUT2D eigenvalue weighted by molar-refractivity contribution is 5.74. The molecule has 2 fully saturated rings. The van der Waals surface area contributed by atoms with Crippen molar-refractivity contribution >= 4 is 12.0 Å². The molecule has 2 heterocycles. The maximum atomic E-state index is 12.5. The lowest BCUT2D eigenvalue weighted by molar-refractivity contribution is -0.137. The lowest BCUT2D eigenvalue weighted by Crippen LogP contribution is -2.43. The van der Waals surface area contributed by atoms with Crippen molar-refractivity contribution in [2.45, 2.75) is 25.7 Å². The molecule has 0 aliphatic carbocycles. The third-order valence-corrected chi connectivity index (χ3v) is 4.31. The summed E-state index contributed by atoms with van der Waals surface area (Å²) in [5.74, 6) is -0.393. The lowest BCUT2D eigenvalue weighted by Gasteiger charge is -2.27. The first-order valence-corrected chi connectivity index (χ1v) is 7.50. The van der Waals surface area contributed by atoms with Gasteiger partial charge in [0.2, 0.25) is 0 Å². The van der Waals surface area contributed by atoms with Gasteiger partial charge in [-0.15, -0.1) is 0 Å². The minimum Gasteiger partial charge on any atom is -0.481 e. The van der Waals surface area contributed by atoms with E-state index in [2.05, 4.69) is 11.9 Å². The van der Waals surface area contributed by atoms with Crippen molar-refractivity contribution in [3.63, 3.8) is 0 Å². The molecule has 0 saturated carbocycles. The smallest absolute Gasteiger partial charge is 0.320 e. The van der Waals surface area contributed by atoms with Gasteiger partial charge in [-0.1, -0.05) is 0 Å². The van der Waals surface area contributed by atoms with Gasteiger partial charge in [0.1, 0.15) is 0 Å². The second-order valence-electron chi connectivity index (χ2n) is 5.96. The predicted octanol–water partition coefficient (Wildman–Crippen LogP) is 0.931. The molecule has 1 atom stereocenters. The molecule has 20 heavy (non-hydrogen) atoms. The van der Waals surface area contributed by atoms with Crippen LogP contribution in [0.25, 0.3) is 0 Å². The first-order valence-electron chi connectivity index (χ1n) is 7.50. The summed E-state index contributed by atoms with van der Waals surface area (Å²) in [7, 11) is 2.09. The highest BCUT2D eigenvalue weighted by Gasteiger charge is 2.29. The van der Waals surface area contributed by atoms with Crippen molar-refractivity contribution < 1.29 is 14.7 Å². The van der Waals surface area contributed by atoms with E-state index in [1.807, 2.05) is 9.80 Å². The molecule has 0 aromatic carbocycles. The molecule has 1 N–H and O–H groups in total. The molecular weight excluding hydrogens is 258 g/mol. The molecule has 1 unspecified atom stereocenters. The van der Waals surface area contributed by atoms with Crippen molar-refractivity contribution in [3.8, 4) is 0 Å². The van der Waals surface area contributed by atoms with Crippen molar-refractivity contribution in [1.82, 2.24) is 14.7 Å². The number of amides is 2. The largest absolute Gasteiger partial charge is 0.481 e. The summed E-state index contributed by atoms with van der Waals surface area (Å²) < 4.78 is 0. The standard InChI is InChI=1S/C14H25N3O3/c1-15-6-2-7-16(10-9-15)14(20)17-8-5-12(11-17)3-4-13(18)19/h12H,2-11H2,1H3,(H,18,19). The van der Waals surface area contributed by atoms with Gasteiger partial charge in [0.25, 0.3) is 0 Å². The fraction of sp³-hybridized carbons (Fsp3) is 0.857. The van der Waals surface area contributed by atoms with Crippen LogP contribution in [-0.2, 0) is 4.79 Å². The Morgan fingerprint density at radius 3 is 2.65 bits per heavy atom. The van der Waals surface area contributed by atoms with Gasteiger partial charge in [0.05, 0.1) is 0 Å². The second-order valence-corrected chi connectivity index (χ2v) is 5.96. The number of likely N-dealkylation sites (N-methyl/N-ethyl adjacent to an activating group) is 1. The summed E-state index contributed by atoms with van der Waals surface area (Å²) in [5, 5.41) is 8.72. The van der Waals surface area contributed by atoms with E-state index in [-0.39, 0.29) is 12.5 Å². The van der Waals surface area contributed by atoms with E-state index in [0.717, 1.165) is 52.1 Å². The molecule has 0 radical (unpaired) electrons. The molecule has 2 amide bonds. The number of carbonyl (C=O) groups excluding carboxylic acids is 1. The van der Waals surface area contributed by atoms with Crippen LogP contribution in [-0.4, -0.2) is 78.1 Å². The molecule has 2 rings (SSSR count). The number of aliphatic carboxylic acids is 1. The minimum absolute atomic E-state index is 0.137. The van der Waals surface area contributed by atoms with Gasteiger partial charge in [0, 0.05) is 39.1 Å². The third-order valence-electron chi connectivity index (χ3n) is 4.31. The Labute approximate surface area is 120 Å². The predicted molar refractivity (Wildman–Crippen MR) is 75.6 cm³/mol. The van der Waals surface area contributed by atoms with E-state index in [1.165, 1.54) is 0 Å². The number of rotatable bonds is 3. The van der Waals surface area contributed by atoms with Crippen LogP contribution in [0, 0.1) is 5.92 Å². The fourth-order valence-electron chi connectivity index (χ4n) is 3.01. The van der Waals surface area contributed by atoms with Crippen molar-refractivity contribution in [2.24, 2.45) is 5.92 Å². The first-order chi connectivity index (χ1) is 9.56. The van der Waals surface area contributed by atoms with Gasteiger partial charge in [0.15, 0.2) is 0 Å². The Bertz CT molecular complexity index is 362.